The van der Waals surface area contributed by atoms with E-state index in [0.717, 1.165) is 11.3 Å². The van der Waals surface area contributed by atoms with Gasteiger partial charge in [-0.2, -0.15) is 4.31 Å². The topological polar surface area (TPSA) is 108 Å². The highest BCUT2D eigenvalue weighted by atomic mass is 32.2. The van der Waals surface area contributed by atoms with Crippen molar-refractivity contribution in [3.8, 4) is 5.75 Å². The molecule has 0 atom stereocenters. The fourth-order valence-electron chi connectivity index (χ4n) is 4.01. The van der Waals surface area contributed by atoms with E-state index in [4.69, 9.17) is 21.7 Å². The highest BCUT2D eigenvalue weighted by molar-refractivity contribution is 7.89. The van der Waals surface area contributed by atoms with Crippen LogP contribution < -0.4 is 10.1 Å². The number of carbonyl (C=O) groups excluding carboxylic acids is 2. The van der Waals surface area contributed by atoms with Crippen LogP contribution in [0.1, 0.15) is 39.4 Å². The normalized spacial score (nSPS) is 14.2. The van der Waals surface area contributed by atoms with E-state index in [2.05, 4.69) is 5.32 Å². The Labute approximate surface area is 227 Å². The Bertz CT molecular complexity index is 1250. The van der Waals surface area contributed by atoms with Crippen LogP contribution in [0.4, 0.5) is 5.00 Å². The smallest absolute Gasteiger partial charge is 0.341 e. The molecular weight excluding hydrogens is 536 g/mol. The lowest BCUT2D eigenvalue weighted by molar-refractivity contribution is 0.0601. The number of carbonyl (C=O) groups is 2. The summed E-state index contributed by atoms with van der Waals surface area (Å²) in [7, 11) is -0.845. The molecule has 0 aliphatic carbocycles. The van der Waals surface area contributed by atoms with Crippen molar-refractivity contribution >= 4 is 55.6 Å². The average Bonchev–Trinajstić information content (AvgIpc) is 3.24. The standard InChI is InChI=1S/C24H32N4O6S3/c1-6-26(7-2)22(29)20-16(3)19(23(30)34-5)21(36-20)25-24(35)27-12-14-28(15-13-27)37(31,32)18-10-8-17(33-4)9-11-18/h8-11H,6-7,12-15H2,1-5H3,(H,25,35). The molecule has 1 aliphatic heterocycles. The van der Waals surface area contributed by atoms with E-state index in [1.54, 1.807) is 24.0 Å². The van der Waals surface area contributed by atoms with Crippen LogP contribution >= 0.6 is 23.6 Å². The third-order valence-corrected chi connectivity index (χ3v) is 9.69. The van der Waals surface area contributed by atoms with Gasteiger partial charge in [-0.3, -0.25) is 4.79 Å². The highest BCUT2D eigenvalue weighted by Gasteiger charge is 2.31. The molecule has 10 nitrogen and oxygen atoms in total. The summed E-state index contributed by atoms with van der Waals surface area (Å²) >= 11 is 6.76. The van der Waals surface area contributed by atoms with Gasteiger partial charge in [-0.1, -0.05) is 0 Å². The third-order valence-electron chi connectivity index (χ3n) is 6.22. The second kappa shape index (κ2) is 12.2. The first kappa shape index (κ1) is 28.8. The second-order valence-corrected chi connectivity index (χ2v) is 11.6. The maximum Gasteiger partial charge on any atom is 0.341 e. The predicted octanol–water partition coefficient (Wildman–Crippen LogP) is 3.04. The summed E-state index contributed by atoms with van der Waals surface area (Å²) in [6.45, 7) is 7.83. The van der Waals surface area contributed by atoms with Crippen LogP contribution in [0.2, 0.25) is 0 Å². The molecule has 1 N–H and O–H groups in total. The average molecular weight is 569 g/mol. The number of thiophene rings is 1. The van der Waals surface area contributed by atoms with Gasteiger partial charge in [-0.15, -0.1) is 11.3 Å². The van der Waals surface area contributed by atoms with E-state index in [1.807, 2.05) is 18.7 Å². The Morgan fingerprint density at radius 1 is 1.08 bits per heavy atom. The number of piperazine rings is 1. The number of esters is 1. The monoisotopic (exact) mass is 568 g/mol. The highest BCUT2D eigenvalue weighted by Crippen LogP contribution is 2.35. The number of sulfonamides is 1. The van der Waals surface area contributed by atoms with E-state index in [9.17, 15) is 18.0 Å². The summed E-state index contributed by atoms with van der Waals surface area (Å²) in [5.41, 5.74) is 0.806. The first-order chi connectivity index (χ1) is 17.6. The third kappa shape index (κ3) is 6.06. The lowest BCUT2D eigenvalue weighted by Crippen LogP contribution is -2.51. The number of methoxy groups -OCH3 is 2. The Balaban J connectivity index is 1.74. The van der Waals surface area contributed by atoms with Gasteiger partial charge in [0.05, 0.1) is 29.6 Å². The number of hydrogen-bond donors (Lipinski definition) is 1. The first-order valence-electron chi connectivity index (χ1n) is 11.8. The van der Waals surface area contributed by atoms with Crippen LogP contribution in [0.5, 0.6) is 5.75 Å². The number of anilines is 1. The number of benzene rings is 1. The van der Waals surface area contributed by atoms with Crippen LogP contribution in [-0.2, 0) is 14.8 Å². The number of nitrogens with one attached hydrogen (secondary N) is 1. The number of amides is 1. The van der Waals surface area contributed by atoms with Gasteiger partial charge < -0.3 is 24.6 Å². The number of hydrogen-bond acceptors (Lipinski definition) is 8. The molecule has 202 valence electrons. The Morgan fingerprint density at radius 3 is 2.19 bits per heavy atom. The summed E-state index contributed by atoms with van der Waals surface area (Å²) in [6.07, 6.45) is 0. The van der Waals surface area contributed by atoms with Crippen LogP contribution in [0.25, 0.3) is 0 Å². The molecule has 0 spiro atoms. The van der Waals surface area contributed by atoms with Gasteiger partial charge in [0, 0.05) is 39.3 Å². The minimum Gasteiger partial charge on any atom is -0.497 e. The molecule has 1 aromatic heterocycles. The molecule has 1 saturated heterocycles. The summed E-state index contributed by atoms with van der Waals surface area (Å²) in [5.74, 6) is -0.140. The van der Waals surface area contributed by atoms with Crippen molar-refractivity contribution < 1.29 is 27.5 Å². The lowest BCUT2D eigenvalue weighted by Gasteiger charge is -2.35. The van der Waals surface area contributed by atoms with Gasteiger partial charge in [-0.25, -0.2) is 13.2 Å². The second-order valence-electron chi connectivity index (χ2n) is 8.23. The van der Waals surface area contributed by atoms with E-state index in [1.165, 1.54) is 30.7 Å². The van der Waals surface area contributed by atoms with Gasteiger partial charge in [0.25, 0.3) is 5.91 Å². The van der Waals surface area contributed by atoms with Crippen molar-refractivity contribution in [2.24, 2.45) is 0 Å². The zero-order valence-electron chi connectivity index (χ0n) is 21.6. The van der Waals surface area contributed by atoms with E-state index in [0.29, 0.717) is 52.5 Å². The fraction of sp³-hybridized carbons (Fsp3) is 0.458. The quantitative estimate of drug-likeness (QED) is 0.380. The van der Waals surface area contributed by atoms with Crippen molar-refractivity contribution in [3.63, 3.8) is 0 Å². The molecule has 1 aromatic carbocycles. The van der Waals surface area contributed by atoms with Crippen molar-refractivity contribution in [3.05, 3.63) is 40.3 Å². The Hall–Kier alpha value is -2.74. The van der Waals surface area contributed by atoms with E-state index < -0.39 is 16.0 Å². The molecule has 0 bridgehead atoms. The minimum atomic E-state index is -3.66. The van der Waals surface area contributed by atoms with E-state index in [-0.39, 0.29) is 29.5 Å². The zero-order valence-corrected chi connectivity index (χ0v) is 24.0. The van der Waals surface area contributed by atoms with Crippen molar-refractivity contribution in [1.29, 1.82) is 0 Å². The molecule has 2 heterocycles. The van der Waals surface area contributed by atoms with Crippen molar-refractivity contribution in [2.75, 3.05) is 58.8 Å². The van der Waals surface area contributed by atoms with Gasteiger partial charge in [0.2, 0.25) is 10.0 Å². The summed E-state index contributed by atoms with van der Waals surface area (Å²) < 4.78 is 37.6. The Morgan fingerprint density at radius 2 is 1.68 bits per heavy atom. The first-order valence-corrected chi connectivity index (χ1v) is 14.5. The molecule has 3 rings (SSSR count). The maximum atomic E-state index is 13.0. The number of nitrogens with zero attached hydrogens (tertiary/aromatic N) is 3. The molecule has 37 heavy (non-hydrogen) atoms. The fourth-order valence-corrected chi connectivity index (χ4v) is 6.95. The molecule has 1 amide bonds. The summed E-state index contributed by atoms with van der Waals surface area (Å²) in [5, 5.41) is 3.88. The summed E-state index contributed by atoms with van der Waals surface area (Å²) in [6, 6.07) is 6.28. The van der Waals surface area contributed by atoms with E-state index >= 15 is 0 Å². The predicted molar refractivity (Wildman–Crippen MR) is 147 cm³/mol. The number of thiocarbonyl (C=S) groups is 1. The molecule has 0 radical (unpaired) electrons. The van der Waals surface area contributed by atoms with Gasteiger partial charge >= 0.3 is 5.97 Å². The number of ether oxygens (including phenoxy) is 2. The van der Waals surface area contributed by atoms with Gasteiger partial charge in [0.15, 0.2) is 5.11 Å². The molecular formula is C24H32N4O6S3. The lowest BCUT2D eigenvalue weighted by atomic mass is 10.1. The molecule has 0 saturated carbocycles. The molecule has 2 aromatic rings. The van der Waals surface area contributed by atoms with Crippen molar-refractivity contribution in [2.45, 2.75) is 25.7 Å². The van der Waals surface area contributed by atoms with Gasteiger partial charge in [-0.05, 0) is 62.8 Å². The minimum absolute atomic E-state index is 0.158. The molecule has 1 fully saturated rings. The van der Waals surface area contributed by atoms with Crippen LogP contribution in [0.15, 0.2) is 29.2 Å². The largest absolute Gasteiger partial charge is 0.497 e. The van der Waals surface area contributed by atoms with Crippen molar-refractivity contribution in [1.82, 2.24) is 14.1 Å². The molecule has 13 heteroatoms. The Kier molecular flexibility index (Phi) is 9.51. The molecule has 0 unspecified atom stereocenters. The van der Waals surface area contributed by atoms with Crippen LogP contribution in [0.3, 0.4) is 0 Å². The maximum absolute atomic E-state index is 13.0. The summed E-state index contributed by atoms with van der Waals surface area (Å²) in [4.78, 5) is 29.8. The molecule has 1 aliphatic rings. The van der Waals surface area contributed by atoms with Crippen LogP contribution in [-0.4, -0.2) is 93.0 Å². The van der Waals surface area contributed by atoms with Crippen LogP contribution in [0, 0.1) is 6.92 Å². The van der Waals surface area contributed by atoms with Gasteiger partial charge in [0.1, 0.15) is 10.8 Å². The zero-order chi connectivity index (χ0) is 27.3. The SMILES string of the molecule is CCN(CC)C(=O)c1sc(NC(=S)N2CCN(S(=O)(=O)c3ccc(OC)cc3)CC2)c(C(=O)OC)c1C. The number of rotatable bonds is 8.